The minimum absolute atomic E-state index is 0.0561. The van der Waals surface area contributed by atoms with Crippen molar-refractivity contribution >= 4 is 11.9 Å². The molecule has 21 heavy (non-hydrogen) atoms. The van der Waals surface area contributed by atoms with Crippen LogP contribution in [0.4, 0.5) is 0 Å². The smallest absolute Gasteiger partial charge is 0.303 e. The van der Waals surface area contributed by atoms with Gasteiger partial charge in [0.15, 0.2) is 0 Å². The van der Waals surface area contributed by atoms with Crippen molar-refractivity contribution in [1.82, 2.24) is 5.32 Å². The SMILES string of the molecule is Cc1ccc(OCCC(=O)NC(C)CCC(=O)O)cc1C. The number of carbonyl (C=O) groups is 2. The fraction of sp³-hybridized carbons (Fsp3) is 0.500. The second kappa shape index (κ2) is 8.29. The second-order valence-electron chi connectivity index (χ2n) is 5.25. The van der Waals surface area contributed by atoms with Crippen LogP contribution in [-0.2, 0) is 9.59 Å². The average molecular weight is 293 g/mol. The molecule has 0 aromatic heterocycles. The fourth-order valence-corrected chi connectivity index (χ4v) is 1.82. The molecule has 0 fully saturated rings. The summed E-state index contributed by atoms with van der Waals surface area (Å²) in [6.07, 6.45) is 0.740. The van der Waals surface area contributed by atoms with Crippen LogP contribution in [0, 0.1) is 13.8 Å². The topological polar surface area (TPSA) is 75.6 Å². The number of hydrogen-bond acceptors (Lipinski definition) is 3. The number of aryl methyl sites for hydroxylation is 2. The van der Waals surface area contributed by atoms with Crippen LogP contribution in [0.25, 0.3) is 0 Å². The first kappa shape index (κ1) is 17.0. The Balaban J connectivity index is 2.26. The van der Waals surface area contributed by atoms with Crippen LogP contribution in [0.5, 0.6) is 5.75 Å². The van der Waals surface area contributed by atoms with Crippen molar-refractivity contribution in [3.05, 3.63) is 29.3 Å². The molecule has 1 amide bonds. The molecule has 5 nitrogen and oxygen atoms in total. The highest BCUT2D eigenvalue weighted by Crippen LogP contribution is 2.16. The molecule has 0 spiro atoms. The van der Waals surface area contributed by atoms with Gasteiger partial charge in [0.1, 0.15) is 5.75 Å². The summed E-state index contributed by atoms with van der Waals surface area (Å²) in [5.41, 5.74) is 2.35. The molecule has 0 saturated heterocycles. The second-order valence-corrected chi connectivity index (χ2v) is 5.25. The molecule has 2 N–H and O–H groups in total. The predicted molar refractivity (Wildman–Crippen MR) is 80.5 cm³/mol. The Labute approximate surface area is 125 Å². The number of hydrogen-bond donors (Lipinski definition) is 2. The first-order chi connectivity index (χ1) is 9.88. The molecule has 116 valence electrons. The molecule has 1 aromatic carbocycles. The number of aliphatic carboxylic acids is 1. The van der Waals surface area contributed by atoms with Gasteiger partial charge >= 0.3 is 5.97 Å². The molecule has 0 saturated carbocycles. The highest BCUT2D eigenvalue weighted by atomic mass is 16.5. The van der Waals surface area contributed by atoms with E-state index in [-0.39, 0.29) is 24.8 Å². The average Bonchev–Trinajstić information content (AvgIpc) is 2.40. The van der Waals surface area contributed by atoms with E-state index in [1.54, 1.807) is 6.92 Å². The van der Waals surface area contributed by atoms with E-state index in [2.05, 4.69) is 5.32 Å². The van der Waals surface area contributed by atoms with Crippen molar-refractivity contribution in [2.24, 2.45) is 0 Å². The summed E-state index contributed by atoms with van der Waals surface area (Å²) in [6, 6.07) is 5.67. The van der Waals surface area contributed by atoms with Crippen molar-refractivity contribution in [3.63, 3.8) is 0 Å². The molecule has 0 aliphatic carbocycles. The molecule has 0 heterocycles. The Bertz CT molecular complexity index is 499. The number of carboxylic acids is 1. The van der Waals surface area contributed by atoms with Gasteiger partial charge in [-0.15, -0.1) is 0 Å². The van der Waals surface area contributed by atoms with Gasteiger partial charge in [-0.3, -0.25) is 9.59 Å². The van der Waals surface area contributed by atoms with Crippen molar-refractivity contribution in [3.8, 4) is 5.75 Å². The summed E-state index contributed by atoms with van der Waals surface area (Å²) in [4.78, 5) is 22.1. The molecular weight excluding hydrogens is 270 g/mol. The molecule has 0 aliphatic heterocycles. The predicted octanol–water partition coefficient (Wildman–Crippen LogP) is 2.44. The number of ether oxygens (including phenoxy) is 1. The van der Waals surface area contributed by atoms with Crippen LogP contribution < -0.4 is 10.1 Å². The highest BCUT2D eigenvalue weighted by Gasteiger charge is 2.09. The monoisotopic (exact) mass is 293 g/mol. The first-order valence-corrected chi connectivity index (χ1v) is 7.09. The molecule has 1 unspecified atom stereocenters. The maximum absolute atomic E-state index is 11.7. The van der Waals surface area contributed by atoms with E-state index in [4.69, 9.17) is 9.84 Å². The minimum Gasteiger partial charge on any atom is -0.493 e. The molecule has 1 aromatic rings. The van der Waals surface area contributed by atoms with E-state index < -0.39 is 5.97 Å². The van der Waals surface area contributed by atoms with Gasteiger partial charge in [0.25, 0.3) is 0 Å². The lowest BCUT2D eigenvalue weighted by Crippen LogP contribution is -2.33. The highest BCUT2D eigenvalue weighted by molar-refractivity contribution is 5.76. The number of rotatable bonds is 8. The Kier molecular flexibility index (Phi) is 6.72. The third kappa shape index (κ3) is 6.79. The standard InChI is InChI=1S/C16H23NO4/c1-11-4-6-14(10-12(11)2)21-9-8-15(18)17-13(3)5-7-16(19)20/h4,6,10,13H,5,7-9H2,1-3H3,(H,17,18)(H,19,20). The Morgan fingerprint density at radius 1 is 1.24 bits per heavy atom. The molecule has 5 heteroatoms. The van der Waals surface area contributed by atoms with Gasteiger partial charge in [0.05, 0.1) is 13.0 Å². The molecule has 0 bridgehead atoms. The summed E-state index contributed by atoms with van der Waals surface area (Å²) in [7, 11) is 0. The third-order valence-electron chi connectivity index (χ3n) is 3.27. The summed E-state index contributed by atoms with van der Waals surface area (Å²) in [6.45, 7) is 6.15. The van der Waals surface area contributed by atoms with E-state index >= 15 is 0 Å². The summed E-state index contributed by atoms with van der Waals surface area (Å²) in [5.74, 6) is -0.226. The normalized spacial score (nSPS) is 11.8. The number of carboxylic acid groups (broad SMARTS) is 1. The number of carbonyl (C=O) groups excluding carboxylic acids is 1. The van der Waals surface area contributed by atoms with Crippen LogP contribution in [0.15, 0.2) is 18.2 Å². The fourth-order valence-electron chi connectivity index (χ4n) is 1.82. The number of nitrogens with one attached hydrogen (secondary N) is 1. The zero-order valence-electron chi connectivity index (χ0n) is 12.8. The quantitative estimate of drug-likeness (QED) is 0.772. The number of benzene rings is 1. The Morgan fingerprint density at radius 3 is 2.57 bits per heavy atom. The van der Waals surface area contributed by atoms with Gasteiger partial charge in [-0.25, -0.2) is 0 Å². The molecule has 0 aliphatic rings. The Morgan fingerprint density at radius 2 is 1.95 bits per heavy atom. The van der Waals surface area contributed by atoms with E-state index in [9.17, 15) is 9.59 Å². The minimum atomic E-state index is -0.853. The maximum Gasteiger partial charge on any atom is 0.303 e. The van der Waals surface area contributed by atoms with Crippen molar-refractivity contribution in [1.29, 1.82) is 0 Å². The van der Waals surface area contributed by atoms with Crippen molar-refractivity contribution in [2.45, 2.75) is 46.1 Å². The van der Waals surface area contributed by atoms with E-state index in [0.29, 0.717) is 13.0 Å². The van der Waals surface area contributed by atoms with Crippen molar-refractivity contribution < 1.29 is 19.4 Å². The van der Waals surface area contributed by atoms with Crippen LogP contribution >= 0.6 is 0 Å². The first-order valence-electron chi connectivity index (χ1n) is 7.09. The van der Waals surface area contributed by atoms with Gasteiger partial charge < -0.3 is 15.2 Å². The lowest BCUT2D eigenvalue weighted by molar-refractivity contribution is -0.137. The summed E-state index contributed by atoms with van der Waals surface area (Å²) < 4.78 is 5.54. The van der Waals surface area contributed by atoms with Gasteiger partial charge in [0.2, 0.25) is 5.91 Å². The van der Waals surface area contributed by atoms with Crippen LogP contribution in [-0.4, -0.2) is 29.6 Å². The van der Waals surface area contributed by atoms with Crippen LogP contribution in [0.1, 0.15) is 37.3 Å². The van der Waals surface area contributed by atoms with Gasteiger partial charge in [-0.2, -0.15) is 0 Å². The summed E-state index contributed by atoms with van der Waals surface area (Å²) in [5, 5.41) is 11.3. The summed E-state index contributed by atoms with van der Waals surface area (Å²) >= 11 is 0. The van der Waals surface area contributed by atoms with E-state index in [1.165, 1.54) is 5.56 Å². The van der Waals surface area contributed by atoms with E-state index in [0.717, 1.165) is 11.3 Å². The van der Waals surface area contributed by atoms with E-state index in [1.807, 2.05) is 32.0 Å². The van der Waals surface area contributed by atoms with Crippen LogP contribution in [0.2, 0.25) is 0 Å². The zero-order chi connectivity index (χ0) is 15.8. The zero-order valence-corrected chi connectivity index (χ0v) is 12.8. The van der Waals surface area contributed by atoms with Gasteiger partial charge in [-0.05, 0) is 50.5 Å². The lowest BCUT2D eigenvalue weighted by Gasteiger charge is -2.13. The molecule has 1 rings (SSSR count). The molecular formula is C16H23NO4. The maximum atomic E-state index is 11.7. The van der Waals surface area contributed by atoms with Crippen LogP contribution in [0.3, 0.4) is 0 Å². The van der Waals surface area contributed by atoms with Gasteiger partial charge in [0, 0.05) is 12.5 Å². The lowest BCUT2D eigenvalue weighted by atomic mass is 10.1. The Hall–Kier alpha value is -2.04. The molecule has 0 radical (unpaired) electrons. The number of amides is 1. The third-order valence-corrected chi connectivity index (χ3v) is 3.27. The largest absolute Gasteiger partial charge is 0.493 e. The molecule has 1 atom stereocenters. The van der Waals surface area contributed by atoms with Gasteiger partial charge in [-0.1, -0.05) is 6.07 Å². The van der Waals surface area contributed by atoms with Crippen molar-refractivity contribution in [2.75, 3.05) is 6.61 Å².